The lowest BCUT2D eigenvalue weighted by molar-refractivity contribution is 0.222. The summed E-state index contributed by atoms with van der Waals surface area (Å²) in [7, 11) is -1.15. The Balaban J connectivity index is 2.59. The maximum Gasteiger partial charge on any atom is 0.0794 e. The van der Waals surface area contributed by atoms with E-state index in [9.17, 15) is 4.21 Å². The molecule has 1 aromatic rings. The average molecular weight is 219 g/mol. The molecule has 0 saturated heterocycles. The van der Waals surface area contributed by atoms with Gasteiger partial charge in [-0.3, -0.25) is 4.21 Å². The molecule has 1 aromatic carbocycles. The van der Waals surface area contributed by atoms with Gasteiger partial charge in [-0.15, -0.1) is 11.6 Å². The summed E-state index contributed by atoms with van der Waals surface area (Å²) in [6.07, 6.45) is -0.692. The third kappa shape index (κ3) is 3.46. The molecule has 2 nitrogen and oxygen atoms in total. The molecule has 4 heteroatoms. The molecule has 2 unspecified atom stereocenters. The Bertz CT molecular complexity index is 276. The van der Waals surface area contributed by atoms with Crippen LogP contribution >= 0.6 is 11.6 Å². The van der Waals surface area contributed by atoms with E-state index in [1.54, 1.807) is 12.1 Å². The van der Waals surface area contributed by atoms with E-state index in [-0.39, 0.29) is 11.6 Å². The van der Waals surface area contributed by atoms with Crippen LogP contribution in [-0.2, 0) is 10.8 Å². The molecule has 0 bridgehead atoms. The fourth-order valence-electron chi connectivity index (χ4n) is 0.888. The van der Waals surface area contributed by atoms with Crippen molar-refractivity contribution in [3.63, 3.8) is 0 Å². The van der Waals surface area contributed by atoms with Gasteiger partial charge in [-0.05, 0) is 12.1 Å². The van der Waals surface area contributed by atoms with Gasteiger partial charge in [0.15, 0.2) is 0 Å². The second kappa shape index (κ2) is 5.37. The van der Waals surface area contributed by atoms with Gasteiger partial charge in [0.05, 0.1) is 22.7 Å². The molecule has 0 saturated carbocycles. The van der Waals surface area contributed by atoms with Crippen LogP contribution in [-0.4, -0.2) is 27.1 Å². The Morgan fingerprint density at radius 2 is 2.00 bits per heavy atom. The van der Waals surface area contributed by atoms with E-state index >= 15 is 0 Å². The minimum absolute atomic E-state index is 0.124. The number of rotatable bonds is 4. The highest BCUT2D eigenvalue weighted by molar-refractivity contribution is 7.85. The van der Waals surface area contributed by atoms with E-state index in [4.69, 9.17) is 16.7 Å². The predicted octanol–water partition coefficient (Wildman–Crippen LogP) is 1.39. The van der Waals surface area contributed by atoms with Gasteiger partial charge in [-0.2, -0.15) is 0 Å². The summed E-state index contributed by atoms with van der Waals surface area (Å²) >= 11 is 5.40. The van der Waals surface area contributed by atoms with E-state index in [0.29, 0.717) is 0 Å². The van der Waals surface area contributed by atoms with Gasteiger partial charge in [0.2, 0.25) is 0 Å². The highest BCUT2D eigenvalue weighted by atomic mass is 35.5. The molecule has 0 aromatic heterocycles. The summed E-state index contributed by atoms with van der Waals surface area (Å²) in [5.41, 5.74) is 0. The van der Waals surface area contributed by atoms with E-state index in [1.165, 1.54) is 0 Å². The van der Waals surface area contributed by atoms with Gasteiger partial charge in [0, 0.05) is 10.8 Å². The van der Waals surface area contributed by atoms with Crippen LogP contribution in [0, 0.1) is 0 Å². The van der Waals surface area contributed by atoms with Crippen molar-refractivity contribution in [2.45, 2.75) is 11.0 Å². The number of hydrogen-bond donors (Lipinski definition) is 1. The number of alkyl halides is 1. The largest absolute Gasteiger partial charge is 0.391 e. The third-order valence-electron chi connectivity index (χ3n) is 1.53. The molecule has 1 N–H and O–H groups in total. The Labute approximate surface area is 85.0 Å². The first kappa shape index (κ1) is 10.7. The van der Waals surface area contributed by atoms with Gasteiger partial charge in [-0.25, -0.2) is 0 Å². The zero-order valence-corrected chi connectivity index (χ0v) is 8.59. The number of aliphatic hydroxyl groups is 1. The van der Waals surface area contributed by atoms with Crippen molar-refractivity contribution in [1.82, 2.24) is 0 Å². The first-order valence-corrected chi connectivity index (χ1v) is 5.77. The molecule has 2 atom stereocenters. The lowest BCUT2D eigenvalue weighted by Gasteiger charge is -2.05. The lowest BCUT2D eigenvalue weighted by atomic mass is 10.4. The number of halogens is 1. The van der Waals surface area contributed by atoms with Crippen LogP contribution in [0.3, 0.4) is 0 Å². The minimum Gasteiger partial charge on any atom is -0.391 e. The Morgan fingerprint density at radius 1 is 1.38 bits per heavy atom. The zero-order chi connectivity index (χ0) is 9.68. The van der Waals surface area contributed by atoms with Crippen molar-refractivity contribution in [3.05, 3.63) is 30.3 Å². The summed E-state index contributed by atoms with van der Waals surface area (Å²) in [6.45, 7) is 0. The maximum atomic E-state index is 11.5. The van der Waals surface area contributed by atoms with E-state index in [0.717, 1.165) is 4.90 Å². The first-order valence-electron chi connectivity index (χ1n) is 3.91. The second-order valence-electron chi connectivity index (χ2n) is 2.63. The van der Waals surface area contributed by atoms with Crippen molar-refractivity contribution < 1.29 is 9.32 Å². The van der Waals surface area contributed by atoms with Crippen LogP contribution < -0.4 is 0 Å². The van der Waals surface area contributed by atoms with E-state index in [1.807, 2.05) is 18.2 Å². The summed E-state index contributed by atoms with van der Waals surface area (Å²) in [4.78, 5) is 0.728. The molecule has 13 heavy (non-hydrogen) atoms. The second-order valence-corrected chi connectivity index (χ2v) is 4.44. The molecular formula is C9H11ClO2S. The normalized spacial score (nSPS) is 15.2. The molecule has 0 aliphatic rings. The van der Waals surface area contributed by atoms with Crippen LogP contribution in [0.2, 0.25) is 0 Å². The standard InChI is InChI=1S/C9H11ClO2S/c10-6-8(11)7-13(12)9-4-2-1-3-5-9/h1-5,8,11H,6-7H2. The summed E-state index contributed by atoms with van der Waals surface area (Å²) in [5.74, 6) is 0.325. The molecule has 0 amide bonds. The number of aliphatic hydroxyl groups excluding tert-OH is 1. The molecular weight excluding hydrogens is 208 g/mol. The van der Waals surface area contributed by atoms with Crippen LogP contribution in [0.5, 0.6) is 0 Å². The van der Waals surface area contributed by atoms with Gasteiger partial charge >= 0.3 is 0 Å². The summed E-state index contributed by atoms with van der Waals surface area (Å²) in [5, 5.41) is 9.16. The highest BCUT2D eigenvalue weighted by Crippen LogP contribution is 2.06. The van der Waals surface area contributed by atoms with Crippen molar-refractivity contribution >= 4 is 22.4 Å². The maximum absolute atomic E-state index is 11.5. The van der Waals surface area contributed by atoms with Crippen LogP contribution in [0.25, 0.3) is 0 Å². The molecule has 72 valence electrons. The first-order chi connectivity index (χ1) is 6.24. The van der Waals surface area contributed by atoms with Crippen molar-refractivity contribution in [3.8, 4) is 0 Å². The van der Waals surface area contributed by atoms with Gasteiger partial charge in [-0.1, -0.05) is 18.2 Å². The SMILES string of the molecule is O=S(CC(O)CCl)c1ccccc1. The average Bonchev–Trinajstić information content (AvgIpc) is 2.19. The molecule has 0 spiro atoms. The van der Waals surface area contributed by atoms with Crippen molar-refractivity contribution in [1.29, 1.82) is 0 Å². The molecule has 1 rings (SSSR count). The predicted molar refractivity (Wildman–Crippen MR) is 54.4 cm³/mol. The van der Waals surface area contributed by atoms with Crippen LogP contribution in [0.15, 0.2) is 35.2 Å². The molecule has 0 aliphatic carbocycles. The topological polar surface area (TPSA) is 37.3 Å². The quantitative estimate of drug-likeness (QED) is 0.776. The van der Waals surface area contributed by atoms with Crippen molar-refractivity contribution in [2.24, 2.45) is 0 Å². The monoisotopic (exact) mass is 218 g/mol. The molecule has 0 aliphatic heterocycles. The van der Waals surface area contributed by atoms with Gasteiger partial charge < -0.3 is 5.11 Å². The van der Waals surface area contributed by atoms with Crippen LogP contribution in [0.1, 0.15) is 0 Å². The van der Waals surface area contributed by atoms with E-state index in [2.05, 4.69) is 0 Å². The fraction of sp³-hybridized carbons (Fsp3) is 0.333. The Morgan fingerprint density at radius 3 is 2.54 bits per heavy atom. The third-order valence-corrected chi connectivity index (χ3v) is 3.37. The highest BCUT2D eigenvalue weighted by Gasteiger charge is 2.09. The van der Waals surface area contributed by atoms with Crippen LogP contribution in [0.4, 0.5) is 0 Å². The number of hydrogen-bond acceptors (Lipinski definition) is 2. The number of benzene rings is 1. The lowest BCUT2D eigenvalue weighted by Crippen LogP contribution is -2.18. The Hall–Kier alpha value is -0.380. The van der Waals surface area contributed by atoms with E-state index < -0.39 is 16.9 Å². The molecule has 0 fully saturated rings. The fourth-order valence-corrected chi connectivity index (χ4v) is 2.25. The molecule has 0 heterocycles. The minimum atomic E-state index is -1.15. The summed E-state index contributed by atoms with van der Waals surface area (Å²) in [6, 6.07) is 9.05. The smallest absolute Gasteiger partial charge is 0.0794 e. The zero-order valence-electron chi connectivity index (χ0n) is 7.02. The van der Waals surface area contributed by atoms with Crippen molar-refractivity contribution in [2.75, 3.05) is 11.6 Å². The van der Waals surface area contributed by atoms with Gasteiger partial charge in [0.25, 0.3) is 0 Å². The summed E-state index contributed by atoms with van der Waals surface area (Å²) < 4.78 is 11.5. The Kier molecular flexibility index (Phi) is 4.42. The molecule has 0 radical (unpaired) electrons. The van der Waals surface area contributed by atoms with Gasteiger partial charge in [0.1, 0.15) is 0 Å².